The zero-order valence-electron chi connectivity index (χ0n) is 9.62. The number of aliphatic hydroxyl groups is 1. The first kappa shape index (κ1) is 12.0. The molecular weight excluding hydrogens is 194 g/mol. The first-order valence-electron chi connectivity index (χ1n) is 5.10. The minimum absolute atomic E-state index is 0.327. The van der Waals surface area contributed by atoms with E-state index in [9.17, 15) is 9.90 Å². The van der Waals surface area contributed by atoms with E-state index in [1.54, 1.807) is 0 Å². The Bertz CT molecular complexity index is 267. The van der Waals surface area contributed by atoms with Gasteiger partial charge in [0.2, 0.25) is 0 Å². The van der Waals surface area contributed by atoms with Crippen LogP contribution in [0.2, 0.25) is 0 Å². The van der Waals surface area contributed by atoms with Crippen molar-refractivity contribution in [3.63, 3.8) is 0 Å². The average molecular weight is 213 g/mol. The molecule has 86 valence electrons. The standard InChI is InChI=1S/C11H19NO3/c1-8-5-9(13)7-12(6-8)10(14)15-11(2,3)4/h9,13H,1,5-7H2,2-4H3/t9-/m1/s1. The molecule has 0 spiro atoms. The Balaban J connectivity index is 2.56. The van der Waals surface area contributed by atoms with E-state index in [0.717, 1.165) is 5.57 Å². The maximum atomic E-state index is 11.7. The molecule has 1 fully saturated rings. The first-order valence-corrected chi connectivity index (χ1v) is 5.10. The number of piperidine rings is 1. The summed E-state index contributed by atoms with van der Waals surface area (Å²) in [6.45, 7) is 10.0. The van der Waals surface area contributed by atoms with Crippen molar-refractivity contribution < 1.29 is 14.6 Å². The third-order valence-electron chi connectivity index (χ3n) is 2.02. The quantitative estimate of drug-likeness (QED) is 0.621. The van der Waals surface area contributed by atoms with Crippen molar-refractivity contribution in [2.45, 2.75) is 38.9 Å². The first-order chi connectivity index (χ1) is 6.78. The molecule has 0 aromatic carbocycles. The molecule has 1 aliphatic rings. The molecular formula is C11H19NO3. The van der Waals surface area contributed by atoms with E-state index in [1.807, 2.05) is 20.8 Å². The van der Waals surface area contributed by atoms with Crippen molar-refractivity contribution >= 4 is 6.09 Å². The van der Waals surface area contributed by atoms with Crippen molar-refractivity contribution in [1.82, 2.24) is 4.90 Å². The molecule has 1 amide bonds. The van der Waals surface area contributed by atoms with Gasteiger partial charge < -0.3 is 14.7 Å². The van der Waals surface area contributed by atoms with E-state index in [-0.39, 0.29) is 6.09 Å². The second kappa shape index (κ2) is 4.23. The lowest BCUT2D eigenvalue weighted by Crippen LogP contribution is -2.45. The summed E-state index contributed by atoms with van der Waals surface area (Å²) in [5.74, 6) is 0. The molecule has 0 radical (unpaired) electrons. The fourth-order valence-corrected chi connectivity index (χ4v) is 1.52. The largest absolute Gasteiger partial charge is 0.444 e. The predicted octanol–water partition coefficient (Wildman–Crippen LogP) is 1.54. The highest BCUT2D eigenvalue weighted by Crippen LogP contribution is 2.17. The van der Waals surface area contributed by atoms with E-state index in [2.05, 4.69) is 6.58 Å². The summed E-state index contributed by atoms with van der Waals surface area (Å²) in [6.07, 6.45) is -0.333. The van der Waals surface area contributed by atoms with Crippen molar-refractivity contribution in [2.24, 2.45) is 0 Å². The van der Waals surface area contributed by atoms with Crippen LogP contribution >= 0.6 is 0 Å². The monoisotopic (exact) mass is 213 g/mol. The number of rotatable bonds is 0. The van der Waals surface area contributed by atoms with E-state index in [0.29, 0.717) is 19.5 Å². The molecule has 1 rings (SSSR count). The molecule has 0 bridgehead atoms. The van der Waals surface area contributed by atoms with Crippen LogP contribution in [0.5, 0.6) is 0 Å². The number of hydrogen-bond donors (Lipinski definition) is 1. The average Bonchev–Trinajstić information content (AvgIpc) is 1.98. The van der Waals surface area contributed by atoms with Gasteiger partial charge in [-0.3, -0.25) is 0 Å². The number of amides is 1. The normalized spacial score (nSPS) is 22.8. The van der Waals surface area contributed by atoms with Gasteiger partial charge in [-0.05, 0) is 27.2 Å². The minimum Gasteiger partial charge on any atom is -0.444 e. The lowest BCUT2D eigenvalue weighted by atomic mass is 10.0. The van der Waals surface area contributed by atoms with Crippen molar-refractivity contribution in [1.29, 1.82) is 0 Å². The van der Waals surface area contributed by atoms with Gasteiger partial charge in [0.25, 0.3) is 0 Å². The number of hydrogen-bond acceptors (Lipinski definition) is 3. The minimum atomic E-state index is -0.515. The van der Waals surface area contributed by atoms with Gasteiger partial charge in [0.15, 0.2) is 0 Å². The van der Waals surface area contributed by atoms with Gasteiger partial charge in [-0.15, -0.1) is 0 Å². The molecule has 0 aromatic heterocycles. The number of carbonyl (C=O) groups excluding carboxylic acids is 1. The number of β-amino-alcohol motifs (C(OH)–C–C–N with tert-alkyl or cyclic N) is 1. The maximum Gasteiger partial charge on any atom is 0.410 e. The van der Waals surface area contributed by atoms with Gasteiger partial charge in [0.1, 0.15) is 5.60 Å². The van der Waals surface area contributed by atoms with Crippen LogP contribution in [-0.4, -0.2) is 40.9 Å². The van der Waals surface area contributed by atoms with Crippen LogP contribution in [0, 0.1) is 0 Å². The van der Waals surface area contributed by atoms with Crippen LogP contribution < -0.4 is 0 Å². The van der Waals surface area contributed by atoms with E-state index in [4.69, 9.17) is 4.74 Å². The van der Waals surface area contributed by atoms with E-state index in [1.165, 1.54) is 4.90 Å². The Labute approximate surface area is 90.5 Å². The Hall–Kier alpha value is -1.03. The summed E-state index contributed by atoms with van der Waals surface area (Å²) in [5, 5.41) is 9.49. The molecule has 1 N–H and O–H groups in total. The summed E-state index contributed by atoms with van der Waals surface area (Å²) in [4.78, 5) is 13.1. The Morgan fingerprint density at radius 2 is 2.20 bits per heavy atom. The number of nitrogens with zero attached hydrogens (tertiary/aromatic N) is 1. The zero-order chi connectivity index (χ0) is 11.6. The fourth-order valence-electron chi connectivity index (χ4n) is 1.52. The second-order valence-corrected chi connectivity index (χ2v) is 4.97. The molecule has 4 heteroatoms. The highest BCUT2D eigenvalue weighted by Gasteiger charge is 2.27. The van der Waals surface area contributed by atoms with E-state index >= 15 is 0 Å². The SMILES string of the molecule is C=C1C[C@@H](O)CN(C(=O)OC(C)(C)C)C1. The van der Waals surface area contributed by atoms with Gasteiger partial charge in [-0.25, -0.2) is 4.79 Å². The van der Waals surface area contributed by atoms with E-state index < -0.39 is 11.7 Å². The predicted molar refractivity (Wildman–Crippen MR) is 57.6 cm³/mol. The van der Waals surface area contributed by atoms with Crippen LogP contribution in [-0.2, 0) is 4.74 Å². The molecule has 1 atom stereocenters. The van der Waals surface area contributed by atoms with Gasteiger partial charge >= 0.3 is 6.09 Å². The van der Waals surface area contributed by atoms with Crippen LogP contribution in [0.4, 0.5) is 4.79 Å². The summed E-state index contributed by atoms with van der Waals surface area (Å²) in [6, 6.07) is 0. The van der Waals surface area contributed by atoms with Gasteiger partial charge in [-0.2, -0.15) is 0 Å². The van der Waals surface area contributed by atoms with Crippen LogP contribution in [0.3, 0.4) is 0 Å². The van der Waals surface area contributed by atoms with Crippen molar-refractivity contribution in [3.8, 4) is 0 Å². The van der Waals surface area contributed by atoms with Crippen molar-refractivity contribution in [3.05, 3.63) is 12.2 Å². The maximum absolute atomic E-state index is 11.7. The Kier molecular flexibility index (Phi) is 3.39. The van der Waals surface area contributed by atoms with Crippen molar-refractivity contribution in [2.75, 3.05) is 13.1 Å². The fraction of sp³-hybridized carbons (Fsp3) is 0.727. The topological polar surface area (TPSA) is 49.8 Å². The number of ether oxygens (including phenoxy) is 1. The summed E-state index contributed by atoms with van der Waals surface area (Å²) in [5.41, 5.74) is 0.362. The van der Waals surface area contributed by atoms with Gasteiger partial charge in [-0.1, -0.05) is 12.2 Å². The zero-order valence-corrected chi connectivity index (χ0v) is 9.62. The lowest BCUT2D eigenvalue weighted by Gasteiger charge is -2.33. The van der Waals surface area contributed by atoms with Crippen LogP contribution in [0.25, 0.3) is 0 Å². The molecule has 0 aromatic rings. The van der Waals surface area contributed by atoms with Gasteiger partial charge in [0, 0.05) is 6.54 Å². The molecule has 0 saturated carbocycles. The van der Waals surface area contributed by atoms with Crippen LogP contribution in [0.1, 0.15) is 27.2 Å². The highest BCUT2D eigenvalue weighted by molar-refractivity contribution is 5.68. The molecule has 4 nitrogen and oxygen atoms in total. The Morgan fingerprint density at radius 3 is 2.67 bits per heavy atom. The third-order valence-corrected chi connectivity index (χ3v) is 2.02. The Morgan fingerprint density at radius 1 is 1.60 bits per heavy atom. The molecule has 0 aliphatic carbocycles. The second-order valence-electron chi connectivity index (χ2n) is 4.97. The highest BCUT2D eigenvalue weighted by atomic mass is 16.6. The van der Waals surface area contributed by atoms with Crippen LogP contribution in [0.15, 0.2) is 12.2 Å². The summed E-state index contributed by atoms with van der Waals surface area (Å²) < 4.78 is 5.21. The third kappa shape index (κ3) is 3.91. The molecule has 1 aliphatic heterocycles. The number of likely N-dealkylation sites (tertiary alicyclic amines) is 1. The molecule has 1 saturated heterocycles. The lowest BCUT2D eigenvalue weighted by molar-refractivity contribution is 0.0110. The van der Waals surface area contributed by atoms with Gasteiger partial charge in [0.05, 0.1) is 12.6 Å². The summed E-state index contributed by atoms with van der Waals surface area (Å²) >= 11 is 0. The number of carbonyl (C=O) groups is 1. The summed E-state index contributed by atoms with van der Waals surface area (Å²) in [7, 11) is 0. The molecule has 1 heterocycles. The molecule has 0 unspecified atom stereocenters. The molecule has 15 heavy (non-hydrogen) atoms. The smallest absolute Gasteiger partial charge is 0.410 e. The number of aliphatic hydroxyl groups excluding tert-OH is 1.